The average Bonchev–Trinajstić information content (AvgIpc) is 2.40. The predicted octanol–water partition coefficient (Wildman–Crippen LogP) is 4.11. The molecule has 2 rings (SSSR count). The van der Waals surface area contributed by atoms with E-state index < -0.39 is 0 Å². The van der Waals surface area contributed by atoms with Crippen molar-refractivity contribution in [1.29, 1.82) is 0 Å². The van der Waals surface area contributed by atoms with Crippen LogP contribution < -0.4 is 10.2 Å². The maximum Gasteiger partial charge on any atom is 0.0377 e. The van der Waals surface area contributed by atoms with E-state index in [0.717, 1.165) is 6.54 Å². The van der Waals surface area contributed by atoms with E-state index in [-0.39, 0.29) is 0 Å². The van der Waals surface area contributed by atoms with E-state index in [2.05, 4.69) is 58.2 Å². The summed E-state index contributed by atoms with van der Waals surface area (Å²) in [6, 6.07) is 7.19. The highest BCUT2D eigenvalue weighted by molar-refractivity contribution is 9.10. The molecule has 0 radical (unpaired) electrons. The van der Waals surface area contributed by atoms with Gasteiger partial charge in [-0.3, -0.25) is 0 Å². The van der Waals surface area contributed by atoms with E-state index in [1.54, 1.807) is 0 Å². The number of anilines is 1. The lowest BCUT2D eigenvalue weighted by atomic mass is 10.1. The summed E-state index contributed by atoms with van der Waals surface area (Å²) < 4.78 is 1.22. The molecule has 1 aliphatic rings. The number of rotatable bonds is 4. The summed E-state index contributed by atoms with van der Waals surface area (Å²) in [6.45, 7) is 7.77. The summed E-state index contributed by atoms with van der Waals surface area (Å²) in [5.74, 6) is 0. The van der Waals surface area contributed by atoms with Gasteiger partial charge in [-0.1, -0.05) is 28.9 Å². The molecule has 1 fully saturated rings. The quantitative estimate of drug-likeness (QED) is 0.900. The number of halogens is 1. The molecule has 1 N–H and O–H groups in total. The van der Waals surface area contributed by atoms with Crippen LogP contribution in [0.4, 0.5) is 5.69 Å². The maximum atomic E-state index is 3.72. The monoisotopic (exact) mass is 310 g/mol. The van der Waals surface area contributed by atoms with E-state index in [1.165, 1.54) is 48.1 Å². The van der Waals surface area contributed by atoms with Crippen molar-refractivity contribution >= 4 is 21.6 Å². The Morgan fingerprint density at radius 3 is 2.61 bits per heavy atom. The van der Waals surface area contributed by atoms with Crippen molar-refractivity contribution < 1.29 is 0 Å². The number of benzene rings is 1. The minimum Gasteiger partial charge on any atom is -0.372 e. The molecular weight excluding hydrogens is 288 g/mol. The van der Waals surface area contributed by atoms with E-state index in [0.29, 0.717) is 6.04 Å². The van der Waals surface area contributed by atoms with Crippen LogP contribution in [0.3, 0.4) is 0 Å². The summed E-state index contributed by atoms with van der Waals surface area (Å²) in [7, 11) is 0. The molecular formula is C15H23BrN2. The molecule has 1 aromatic carbocycles. The first-order valence-corrected chi connectivity index (χ1v) is 7.79. The summed E-state index contributed by atoms with van der Waals surface area (Å²) in [5.41, 5.74) is 2.70. The van der Waals surface area contributed by atoms with Gasteiger partial charge in [0.1, 0.15) is 0 Å². The van der Waals surface area contributed by atoms with Crippen LogP contribution in [0.1, 0.15) is 44.7 Å². The van der Waals surface area contributed by atoms with Crippen molar-refractivity contribution in [2.45, 2.75) is 39.2 Å². The first kappa shape index (κ1) is 13.9. The largest absolute Gasteiger partial charge is 0.372 e. The SMILES string of the molecule is CCNC(C)c1ccc(N2CCCCC2)cc1Br. The molecule has 1 heterocycles. The van der Waals surface area contributed by atoms with Crippen LogP contribution in [0.15, 0.2) is 22.7 Å². The molecule has 1 aromatic rings. The third kappa shape index (κ3) is 3.27. The third-order valence-corrected chi connectivity index (χ3v) is 4.37. The van der Waals surface area contributed by atoms with Crippen LogP contribution in [-0.2, 0) is 0 Å². The van der Waals surface area contributed by atoms with E-state index >= 15 is 0 Å². The fourth-order valence-corrected chi connectivity index (χ4v) is 3.34. The Hall–Kier alpha value is -0.540. The molecule has 0 aromatic heterocycles. The molecule has 1 atom stereocenters. The van der Waals surface area contributed by atoms with Gasteiger partial charge in [0, 0.05) is 29.3 Å². The summed E-state index contributed by atoms with van der Waals surface area (Å²) in [6.07, 6.45) is 4.04. The Morgan fingerprint density at radius 1 is 1.28 bits per heavy atom. The Kier molecular flexibility index (Phi) is 5.07. The molecule has 18 heavy (non-hydrogen) atoms. The minimum absolute atomic E-state index is 0.403. The molecule has 0 saturated carbocycles. The summed E-state index contributed by atoms with van der Waals surface area (Å²) in [4.78, 5) is 2.50. The van der Waals surface area contributed by atoms with E-state index in [1.807, 2.05) is 0 Å². The van der Waals surface area contributed by atoms with Gasteiger partial charge in [-0.2, -0.15) is 0 Å². The van der Waals surface area contributed by atoms with Gasteiger partial charge in [0.05, 0.1) is 0 Å². The first-order valence-electron chi connectivity index (χ1n) is 7.00. The molecule has 0 aliphatic carbocycles. The molecule has 0 bridgehead atoms. The van der Waals surface area contributed by atoms with Crippen LogP contribution in [0.2, 0.25) is 0 Å². The van der Waals surface area contributed by atoms with Crippen molar-refractivity contribution in [3.8, 4) is 0 Å². The second-order valence-corrected chi connectivity index (χ2v) is 5.89. The predicted molar refractivity (Wildman–Crippen MR) is 82.3 cm³/mol. The van der Waals surface area contributed by atoms with Crippen LogP contribution in [0.5, 0.6) is 0 Å². The molecule has 1 unspecified atom stereocenters. The Balaban J connectivity index is 2.13. The zero-order chi connectivity index (χ0) is 13.0. The summed E-state index contributed by atoms with van der Waals surface area (Å²) >= 11 is 3.72. The number of hydrogen-bond acceptors (Lipinski definition) is 2. The lowest BCUT2D eigenvalue weighted by molar-refractivity contribution is 0.576. The number of nitrogens with one attached hydrogen (secondary N) is 1. The number of piperidine rings is 1. The molecule has 1 aliphatic heterocycles. The topological polar surface area (TPSA) is 15.3 Å². The highest BCUT2D eigenvalue weighted by Gasteiger charge is 2.14. The Bertz CT molecular complexity index is 386. The van der Waals surface area contributed by atoms with Gasteiger partial charge in [0.2, 0.25) is 0 Å². The van der Waals surface area contributed by atoms with Crippen molar-refractivity contribution in [1.82, 2.24) is 5.32 Å². The second-order valence-electron chi connectivity index (χ2n) is 5.03. The lowest BCUT2D eigenvalue weighted by Crippen LogP contribution is -2.29. The third-order valence-electron chi connectivity index (χ3n) is 3.68. The van der Waals surface area contributed by atoms with Gasteiger partial charge < -0.3 is 10.2 Å². The normalized spacial score (nSPS) is 17.8. The lowest BCUT2D eigenvalue weighted by Gasteiger charge is -2.29. The molecule has 100 valence electrons. The van der Waals surface area contributed by atoms with Gasteiger partial charge in [-0.15, -0.1) is 0 Å². The number of nitrogens with zero attached hydrogens (tertiary/aromatic N) is 1. The molecule has 0 amide bonds. The van der Waals surface area contributed by atoms with Crippen LogP contribution in [0, 0.1) is 0 Å². The van der Waals surface area contributed by atoms with Crippen LogP contribution in [0.25, 0.3) is 0 Å². The average molecular weight is 311 g/mol. The van der Waals surface area contributed by atoms with Crippen molar-refractivity contribution in [2.75, 3.05) is 24.5 Å². The van der Waals surface area contributed by atoms with Gasteiger partial charge >= 0.3 is 0 Å². The van der Waals surface area contributed by atoms with Crippen molar-refractivity contribution in [3.63, 3.8) is 0 Å². The first-order chi connectivity index (χ1) is 8.72. The van der Waals surface area contributed by atoms with Gasteiger partial charge in [0.15, 0.2) is 0 Å². The maximum absolute atomic E-state index is 3.72. The standard InChI is InChI=1S/C15H23BrN2/c1-3-17-12(2)14-8-7-13(11-15(14)16)18-9-5-4-6-10-18/h7-8,11-12,17H,3-6,9-10H2,1-2H3. The van der Waals surface area contributed by atoms with Gasteiger partial charge in [-0.05, 0) is 50.4 Å². The fourth-order valence-electron chi connectivity index (χ4n) is 2.63. The highest BCUT2D eigenvalue weighted by atomic mass is 79.9. The van der Waals surface area contributed by atoms with E-state index in [4.69, 9.17) is 0 Å². The highest BCUT2D eigenvalue weighted by Crippen LogP contribution is 2.29. The molecule has 0 spiro atoms. The molecule has 1 saturated heterocycles. The van der Waals surface area contributed by atoms with Crippen LogP contribution in [-0.4, -0.2) is 19.6 Å². The van der Waals surface area contributed by atoms with E-state index in [9.17, 15) is 0 Å². The van der Waals surface area contributed by atoms with Gasteiger partial charge in [-0.25, -0.2) is 0 Å². The minimum atomic E-state index is 0.403. The smallest absolute Gasteiger partial charge is 0.0377 e. The number of hydrogen-bond donors (Lipinski definition) is 1. The fraction of sp³-hybridized carbons (Fsp3) is 0.600. The zero-order valence-electron chi connectivity index (χ0n) is 11.4. The van der Waals surface area contributed by atoms with Gasteiger partial charge in [0.25, 0.3) is 0 Å². The van der Waals surface area contributed by atoms with Crippen molar-refractivity contribution in [2.24, 2.45) is 0 Å². The molecule has 2 nitrogen and oxygen atoms in total. The Morgan fingerprint density at radius 2 is 2.00 bits per heavy atom. The zero-order valence-corrected chi connectivity index (χ0v) is 13.0. The van der Waals surface area contributed by atoms with Crippen LogP contribution >= 0.6 is 15.9 Å². The molecule has 3 heteroatoms. The van der Waals surface area contributed by atoms with Crippen molar-refractivity contribution in [3.05, 3.63) is 28.2 Å². The second kappa shape index (κ2) is 6.58. The Labute approximate surface area is 119 Å². The summed E-state index contributed by atoms with van der Waals surface area (Å²) in [5, 5.41) is 3.46.